The zero-order valence-corrected chi connectivity index (χ0v) is 18.1. The highest BCUT2D eigenvalue weighted by atomic mass is 32.1. The van der Waals surface area contributed by atoms with Crippen LogP contribution in [0.4, 0.5) is 5.69 Å². The van der Waals surface area contributed by atoms with E-state index in [1.54, 1.807) is 35.6 Å². The number of ketones is 1. The SMILES string of the molecule is CCC(C(=O)Nc1ccc(C(C)=O)cc1)n1nnc2sc3c(c2c1=O)CCC(C)C3. The van der Waals surface area contributed by atoms with Gasteiger partial charge in [0.1, 0.15) is 6.04 Å². The monoisotopic (exact) mass is 424 g/mol. The van der Waals surface area contributed by atoms with Crippen molar-refractivity contribution in [1.82, 2.24) is 15.0 Å². The van der Waals surface area contributed by atoms with Crippen molar-refractivity contribution in [2.75, 3.05) is 5.32 Å². The van der Waals surface area contributed by atoms with E-state index in [1.807, 2.05) is 6.92 Å². The molecule has 8 heteroatoms. The summed E-state index contributed by atoms with van der Waals surface area (Å²) in [5.41, 5.74) is 1.97. The van der Waals surface area contributed by atoms with Gasteiger partial charge in [-0.15, -0.1) is 16.4 Å². The lowest BCUT2D eigenvalue weighted by atomic mass is 9.89. The summed E-state index contributed by atoms with van der Waals surface area (Å²) >= 11 is 1.55. The highest BCUT2D eigenvalue weighted by Gasteiger charge is 2.27. The molecule has 1 aliphatic carbocycles. The molecule has 0 aliphatic heterocycles. The van der Waals surface area contributed by atoms with Crippen molar-refractivity contribution in [3.63, 3.8) is 0 Å². The van der Waals surface area contributed by atoms with Crippen LogP contribution in [0.15, 0.2) is 29.1 Å². The molecule has 2 atom stereocenters. The standard InChI is InChI=1S/C22H24N4O3S/c1-4-17(20(28)23-15-8-6-14(7-9-15)13(3)27)26-22(29)19-16-10-5-12(2)11-18(16)30-21(19)24-25-26/h6-9,12,17H,4-5,10-11H2,1-3H3,(H,23,28). The third kappa shape index (κ3) is 3.67. The largest absolute Gasteiger partial charge is 0.324 e. The Kier molecular flexibility index (Phi) is 5.51. The van der Waals surface area contributed by atoms with Crippen LogP contribution >= 0.6 is 11.3 Å². The van der Waals surface area contributed by atoms with Crippen LogP contribution in [0.1, 0.15) is 60.5 Å². The van der Waals surface area contributed by atoms with Gasteiger partial charge < -0.3 is 5.32 Å². The molecule has 0 saturated carbocycles. The van der Waals surface area contributed by atoms with Crippen molar-refractivity contribution in [3.8, 4) is 0 Å². The van der Waals surface area contributed by atoms with Gasteiger partial charge in [0.2, 0.25) is 5.91 Å². The van der Waals surface area contributed by atoms with Gasteiger partial charge in [-0.3, -0.25) is 14.4 Å². The van der Waals surface area contributed by atoms with Gasteiger partial charge in [-0.25, -0.2) is 0 Å². The van der Waals surface area contributed by atoms with E-state index < -0.39 is 6.04 Å². The number of aryl methyl sites for hydroxylation is 1. The third-order valence-corrected chi connectivity index (χ3v) is 6.83. The molecule has 2 aromatic heterocycles. The van der Waals surface area contributed by atoms with Crippen molar-refractivity contribution in [1.29, 1.82) is 0 Å². The Balaban J connectivity index is 1.65. The van der Waals surface area contributed by atoms with E-state index in [1.165, 1.54) is 16.5 Å². The highest BCUT2D eigenvalue weighted by molar-refractivity contribution is 7.18. The minimum absolute atomic E-state index is 0.0390. The van der Waals surface area contributed by atoms with E-state index in [0.717, 1.165) is 24.8 Å². The maximum atomic E-state index is 13.3. The lowest BCUT2D eigenvalue weighted by Crippen LogP contribution is -2.35. The molecule has 156 valence electrons. The second-order valence-electron chi connectivity index (χ2n) is 7.92. The molecular weight excluding hydrogens is 400 g/mol. The van der Waals surface area contributed by atoms with Crippen molar-refractivity contribution in [2.24, 2.45) is 5.92 Å². The first kappa shape index (κ1) is 20.4. The van der Waals surface area contributed by atoms with Gasteiger partial charge in [0, 0.05) is 16.1 Å². The quantitative estimate of drug-likeness (QED) is 0.629. The molecule has 1 aromatic carbocycles. The van der Waals surface area contributed by atoms with Crippen molar-refractivity contribution < 1.29 is 9.59 Å². The zero-order valence-electron chi connectivity index (χ0n) is 17.3. The average molecular weight is 425 g/mol. The number of hydrogen-bond acceptors (Lipinski definition) is 6. The molecule has 3 aromatic rings. The summed E-state index contributed by atoms with van der Waals surface area (Å²) in [7, 11) is 0. The fourth-order valence-electron chi connectivity index (χ4n) is 3.96. The van der Waals surface area contributed by atoms with Gasteiger partial charge in [0.05, 0.1) is 5.39 Å². The maximum Gasteiger partial charge on any atom is 0.279 e. The summed E-state index contributed by atoms with van der Waals surface area (Å²) in [6, 6.07) is 5.91. The van der Waals surface area contributed by atoms with Crippen LogP contribution in [-0.2, 0) is 17.6 Å². The van der Waals surface area contributed by atoms with Crippen molar-refractivity contribution in [2.45, 2.75) is 52.5 Å². The van der Waals surface area contributed by atoms with Crippen LogP contribution in [0.5, 0.6) is 0 Å². The molecule has 0 spiro atoms. The summed E-state index contributed by atoms with van der Waals surface area (Å²) in [6.45, 7) is 5.55. The van der Waals surface area contributed by atoms with Crippen LogP contribution in [-0.4, -0.2) is 26.7 Å². The first-order chi connectivity index (χ1) is 14.4. The van der Waals surface area contributed by atoms with Crippen LogP contribution < -0.4 is 10.9 Å². The minimum Gasteiger partial charge on any atom is -0.324 e. The molecule has 0 fully saturated rings. The van der Waals surface area contributed by atoms with Gasteiger partial charge in [-0.05, 0) is 68.4 Å². The number of thiophene rings is 1. The predicted octanol–water partition coefficient (Wildman–Crippen LogP) is 3.77. The van der Waals surface area contributed by atoms with E-state index in [9.17, 15) is 14.4 Å². The van der Waals surface area contributed by atoms with Crippen molar-refractivity contribution in [3.05, 3.63) is 50.6 Å². The highest BCUT2D eigenvalue weighted by Crippen LogP contribution is 2.35. The second-order valence-corrected chi connectivity index (χ2v) is 9.00. The Labute approximate surface area is 178 Å². The summed E-state index contributed by atoms with van der Waals surface area (Å²) in [5, 5.41) is 11.8. The Morgan fingerprint density at radius 3 is 2.70 bits per heavy atom. The van der Waals surface area contributed by atoms with E-state index >= 15 is 0 Å². The number of rotatable bonds is 5. The Morgan fingerprint density at radius 1 is 1.30 bits per heavy atom. The number of Topliss-reactive ketones (excluding diaryl/α,β-unsaturated/α-hetero) is 1. The molecule has 2 unspecified atom stereocenters. The first-order valence-corrected chi connectivity index (χ1v) is 11.0. The molecule has 4 rings (SSSR count). The fourth-order valence-corrected chi connectivity index (χ4v) is 5.28. The number of aromatic nitrogens is 3. The Morgan fingerprint density at radius 2 is 2.03 bits per heavy atom. The minimum atomic E-state index is -0.764. The fraction of sp³-hybridized carbons (Fsp3) is 0.409. The normalized spacial score (nSPS) is 16.8. The van der Waals surface area contributed by atoms with E-state index in [4.69, 9.17) is 0 Å². The van der Waals surface area contributed by atoms with Gasteiger partial charge in [0.25, 0.3) is 5.56 Å². The zero-order chi connectivity index (χ0) is 21.4. The second kappa shape index (κ2) is 8.10. The number of carbonyl (C=O) groups is 2. The van der Waals surface area contributed by atoms with E-state index in [-0.39, 0.29) is 17.2 Å². The molecule has 2 heterocycles. The molecule has 1 aliphatic rings. The molecule has 7 nitrogen and oxygen atoms in total. The topological polar surface area (TPSA) is 93.9 Å². The average Bonchev–Trinajstić information content (AvgIpc) is 3.08. The predicted molar refractivity (Wildman–Crippen MR) is 117 cm³/mol. The van der Waals surface area contributed by atoms with Gasteiger partial charge in [-0.1, -0.05) is 19.1 Å². The summed E-state index contributed by atoms with van der Waals surface area (Å²) < 4.78 is 1.21. The summed E-state index contributed by atoms with van der Waals surface area (Å²) in [4.78, 5) is 39.5. The number of hydrogen-bond donors (Lipinski definition) is 1. The number of anilines is 1. The number of amides is 1. The Bertz CT molecular complexity index is 1180. The number of benzene rings is 1. The summed E-state index contributed by atoms with van der Waals surface area (Å²) in [5.74, 6) is 0.230. The van der Waals surface area contributed by atoms with Crippen LogP contribution in [0.3, 0.4) is 0 Å². The molecule has 0 radical (unpaired) electrons. The summed E-state index contributed by atoms with van der Waals surface area (Å²) in [6.07, 6.45) is 3.28. The molecule has 0 saturated heterocycles. The Hall–Kier alpha value is -2.87. The number of fused-ring (bicyclic) bond motifs is 3. The molecule has 0 bridgehead atoms. The van der Waals surface area contributed by atoms with Crippen LogP contribution in [0.25, 0.3) is 10.2 Å². The van der Waals surface area contributed by atoms with Gasteiger partial charge in [-0.2, -0.15) is 4.68 Å². The number of carbonyl (C=O) groups excluding carboxylic acids is 2. The van der Waals surface area contributed by atoms with Crippen LogP contribution in [0, 0.1) is 5.92 Å². The van der Waals surface area contributed by atoms with Crippen LogP contribution in [0.2, 0.25) is 0 Å². The van der Waals surface area contributed by atoms with Gasteiger partial charge in [0.15, 0.2) is 10.6 Å². The molecular formula is C22H24N4O3S. The molecule has 30 heavy (non-hydrogen) atoms. The first-order valence-electron chi connectivity index (χ1n) is 10.2. The third-order valence-electron chi connectivity index (χ3n) is 5.69. The maximum absolute atomic E-state index is 13.3. The van der Waals surface area contributed by atoms with E-state index in [2.05, 4.69) is 22.6 Å². The van der Waals surface area contributed by atoms with Crippen molar-refractivity contribution >= 4 is 38.9 Å². The van der Waals surface area contributed by atoms with E-state index in [0.29, 0.717) is 33.8 Å². The van der Waals surface area contributed by atoms with Gasteiger partial charge >= 0.3 is 0 Å². The number of nitrogens with zero attached hydrogens (tertiary/aromatic N) is 3. The number of nitrogens with one attached hydrogen (secondary N) is 1. The smallest absolute Gasteiger partial charge is 0.279 e. The molecule has 1 N–H and O–H groups in total. The molecule has 1 amide bonds. The lowest BCUT2D eigenvalue weighted by molar-refractivity contribution is -0.119. The lowest BCUT2D eigenvalue weighted by Gasteiger charge is -2.18.